The molecule has 3 aliphatic rings. The molecule has 4 heterocycles. The molecule has 4 rings (SSSR count). The third kappa shape index (κ3) is 3.43. The van der Waals surface area contributed by atoms with Gasteiger partial charge in [0.1, 0.15) is 12.1 Å². The maximum atomic E-state index is 13.2. The van der Waals surface area contributed by atoms with Crippen molar-refractivity contribution in [3.63, 3.8) is 0 Å². The summed E-state index contributed by atoms with van der Waals surface area (Å²) in [6, 6.07) is -1.29. The van der Waals surface area contributed by atoms with Crippen LogP contribution in [0.5, 0.6) is 0 Å². The standard InChI is InChI=1S/C18H26N6O3/c19-17(26)13(5-12-8-21-9-22-12)23-18(27)16-11-4-10(6-20-7-11)14-2-1-3-15(25)24(14)16/h8-11,13-14,16,20H,1-7H2,(H2,19,26)(H,21,22)(H,23,27)/t10-,11+,13+,14+,16-/m1/s1. The molecule has 0 aliphatic carbocycles. The molecule has 5 atom stereocenters. The van der Waals surface area contributed by atoms with Gasteiger partial charge in [-0.3, -0.25) is 14.4 Å². The average Bonchev–Trinajstić information content (AvgIpc) is 3.15. The van der Waals surface area contributed by atoms with Gasteiger partial charge in [0.25, 0.3) is 0 Å². The van der Waals surface area contributed by atoms with Crippen LogP contribution in [0.2, 0.25) is 0 Å². The summed E-state index contributed by atoms with van der Waals surface area (Å²) in [5, 5.41) is 6.21. The Balaban J connectivity index is 1.54. The number of piperidine rings is 3. The molecule has 27 heavy (non-hydrogen) atoms. The van der Waals surface area contributed by atoms with E-state index in [0.717, 1.165) is 25.8 Å². The van der Waals surface area contributed by atoms with Crippen molar-refractivity contribution in [3.8, 4) is 0 Å². The Morgan fingerprint density at radius 3 is 2.93 bits per heavy atom. The highest BCUT2D eigenvalue weighted by atomic mass is 16.2. The van der Waals surface area contributed by atoms with E-state index in [1.54, 1.807) is 6.20 Å². The van der Waals surface area contributed by atoms with Gasteiger partial charge in [0.2, 0.25) is 17.7 Å². The van der Waals surface area contributed by atoms with Gasteiger partial charge in [0.05, 0.1) is 6.33 Å². The lowest BCUT2D eigenvalue weighted by atomic mass is 9.72. The summed E-state index contributed by atoms with van der Waals surface area (Å²) in [6.45, 7) is 1.59. The molecule has 3 fully saturated rings. The second-order valence-electron chi connectivity index (χ2n) is 7.86. The largest absolute Gasteiger partial charge is 0.368 e. The molecule has 0 unspecified atom stereocenters. The van der Waals surface area contributed by atoms with E-state index < -0.39 is 18.0 Å². The van der Waals surface area contributed by atoms with Crippen LogP contribution in [0.15, 0.2) is 12.5 Å². The van der Waals surface area contributed by atoms with Gasteiger partial charge in [-0.2, -0.15) is 0 Å². The highest BCUT2D eigenvalue weighted by Gasteiger charge is 2.50. The number of aromatic nitrogens is 2. The van der Waals surface area contributed by atoms with Gasteiger partial charge in [-0.25, -0.2) is 4.98 Å². The number of imidazole rings is 1. The molecule has 9 nitrogen and oxygen atoms in total. The monoisotopic (exact) mass is 374 g/mol. The van der Waals surface area contributed by atoms with Gasteiger partial charge in [-0.05, 0) is 31.7 Å². The number of H-pyrrole nitrogens is 1. The molecule has 2 bridgehead atoms. The zero-order chi connectivity index (χ0) is 19.0. The fourth-order valence-corrected chi connectivity index (χ4v) is 4.95. The number of nitrogens with zero attached hydrogens (tertiary/aromatic N) is 2. The van der Waals surface area contributed by atoms with E-state index in [9.17, 15) is 14.4 Å². The van der Waals surface area contributed by atoms with E-state index in [4.69, 9.17) is 5.73 Å². The van der Waals surface area contributed by atoms with Gasteiger partial charge in [-0.15, -0.1) is 0 Å². The van der Waals surface area contributed by atoms with Gasteiger partial charge in [0, 0.05) is 43.2 Å². The Bertz CT molecular complexity index is 721. The Kier molecular flexibility index (Phi) is 4.86. The second kappa shape index (κ2) is 7.30. The number of carbonyl (C=O) groups excluding carboxylic acids is 3. The zero-order valence-corrected chi connectivity index (χ0v) is 15.2. The first kappa shape index (κ1) is 18.0. The van der Waals surface area contributed by atoms with Crippen molar-refractivity contribution in [3.05, 3.63) is 18.2 Å². The number of fused-ring (bicyclic) bond motifs is 4. The normalized spacial score (nSPS) is 31.1. The van der Waals surface area contributed by atoms with E-state index in [-0.39, 0.29) is 30.2 Å². The predicted molar refractivity (Wildman–Crippen MR) is 96.2 cm³/mol. The highest BCUT2D eigenvalue weighted by molar-refractivity contribution is 5.92. The Labute approximate surface area is 157 Å². The third-order valence-electron chi connectivity index (χ3n) is 6.15. The summed E-state index contributed by atoms with van der Waals surface area (Å²) in [5.41, 5.74) is 6.23. The lowest BCUT2D eigenvalue weighted by Gasteiger charge is -2.54. The number of nitrogens with two attached hydrogens (primary N) is 1. The van der Waals surface area contributed by atoms with Crippen LogP contribution < -0.4 is 16.4 Å². The number of hydrogen-bond donors (Lipinski definition) is 4. The van der Waals surface area contributed by atoms with Crippen molar-refractivity contribution in [2.24, 2.45) is 17.6 Å². The maximum absolute atomic E-state index is 13.2. The fraction of sp³-hybridized carbons (Fsp3) is 0.667. The van der Waals surface area contributed by atoms with Crippen molar-refractivity contribution in [1.29, 1.82) is 0 Å². The lowest BCUT2D eigenvalue weighted by molar-refractivity contribution is -0.157. The molecule has 3 aliphatic heterocycles. The number of nitrogens with one attached hydrogen (secondary N) is 3. The van der Waals surface area contributed by atoms with E-state index in [0.29, 0.717) is 24.6 Å². The van der Waals surface area contributed by atoms with E-state index in [1.165, 1.54) is 6.33 Å². The third-order valence-corrected chi connectivity index (χ3v) is 6.15. The molecular formula is C18H26N6O3. The van der Waals surface area contributed by atoms with Crippen molar-refractivity contribution >= 4 is 17.7 Å². The Morgan fingerprint density at radius 1 is 1.37 bits per heavy atom. The number of aromatic amines is 1. The summed E-state index contributed by atoms with van der Waals surface area (Å²) in [5.74, 6) is -0.385. The molecule has 0 aromatic carbocycles. The van der Waals surface area contributed by atoms with Crippen molar-refractivity contribution < 1.29 is 14.4 Å². The fourth-order valence-electron chi connectivity index (χ4n) is 4.95. The van der Waals surface area contributed by atoms with Crippen LogP contribution in [-0.2, 0) is 20.8 Å². The van der Waals surface area contributed by atoms with Crippen LogP contribution in [0.4, 0.5) is 0 Å². The predicted octanol–water partition coefficient (Wildman–Crippen LogP) is -1.09. The molecule has 3 amide bonds. The maximum Gasteiger partial charge on any atom is 0.243 e. The number of rotatable bonds is 5. The minimum absolute atomic E-state index is 0.0483. The summed E-state index contributed by atoms with van der Waals surface area (Å²) in [7, 11) is 0. The summed E-state index contributed by atoms with van der Waals surface area (Å²) < 4.78 is 0. The Hall–Kier alpha value is -2.42. The van der Waals surface area contributed by atoms with Crippen LogP contribution in [-0.4, -0.2) is 63.8 Å². The van der Waals surface area contributed by atoms with Gasteiger partial charge in [0.15, 0.2) is 0 Å². The van der Waals surface area contributed by atoms with E-state index >= 15 is 0 Å². The molecule has 146 valence electrons. The first-order valence-electron chi connectivity index (χ1n) is 9.63. The average molecular weight is 374 g/mol. The number of amides is 3. The molecule has 0 radical (unpaired) electrons. The SMILES string of the molecule is NC(=O)[C@H](Cc1cnc[nH]1)NC(=O)[C@H]1[C@@H]2CNC[C@@H](C2)[C@@H]2CCCC(=O)N21. The van der Waals surface area contributed by atoms with Gasteiger partial charge >= 0.3 is 0 Å². The minimum Gasteiger partial charge on any atom is -0.368 e. The van der Waals surface area contributed by atoms with Crippen LogP contribution in [0.25, 0.3) is 0 Å². The quantitative estimate of drug-likeness (QED) is 0.520. The van der Waals surface area contributed by atoms with Crippen LogP contribution in [0.1, 0.15) is 31.4 Å². The molecular weight excluding hydrogens is 348 g/mol. The van der Waals surface area contributed by atoms with Crippen LogP contribution in [0.3, 0.4) is 0 Å². The second-order valence-corrected chi connectivity index (χ2v) is 7.86. The molecule has 0 saturated carbocycles. The number of hydrogen-bond acceptors (Lipinski definition) is 5. The number of carbonyl (C=O) groups is 3. The molecule has 1 aromatic rings. The lowest BCUT2D eigenvalue weighted by Crippen LogP contribution is -2.68. The van der Waals surface area contributed by atoms with E-state index in [1.807, 2.05) is 4.90 Å². The first-order chi connectivity index (χ1) is 13.0. The topological polar surface area (TPSA) is 133 Å². The Morgan fingerprint density at radius 2 is 2.19 bits per heavy atom. The molecule has 9 heteroatoms. The van der Waals surface area contributed by atoms with Gasteiger partial charge in [-0.1, -0.05) is 0 Å². The van der Waals surface area contributed by atoms with Crippen molar-refractivity contribution in [2.45, 2.75) is 50.2 Å². The van der Waals surface area contributed by atoms with E-state index in [2.05, 4.69) is 20.6 Å². The summed E-state index contributed by atoms with van der Waals surface area (Å²) in [6.07, 6.45) is 6.59. The smallest absolute Gasteiger partial charge is 0.243 e. The first-order valence-corrected chi connectivity index (χ1v) is 9.63. The molecule has 5 N–H and O–H groups in total. The molecule has 3 saturated heterocycles. The van der Waals surface area contributed by atoms with Crippen LogP contribution in [0, 0.1) is 11.8 Å². The number of primary amides is 1. The molecule has 0 spiro atoms. The van der Waals surface area contributed by atoms with Gasteiger partial charge < -0.3 is 26.3 Å². The van der Waals surface area contributed by atoms with Crippen molar-refractivity contribution in [1.82, 2.24) is 25.5 Å². The minimum atomic E-state index is -0.842. The highest BCUT2D eigenvalue weighted by Crippen LogP contribution is 2.39. The summed E-state index contributed by atoms with van der Waals surface area (Å²) in [4.78, 5) is 46.4. The summed E-state index contributed by atoms with van der Waals surface area (Å²) >= 11 is 0. The molecule has 1 aromatic heterocycles. The van der Waals surface area contributed by atoms with Crippen molar-refractivity contribution in [2.75, 3.05) is 13.1 Å². The zero-order valence-electron chi connectivity index (χ0n) is 15.2. The van der Waals surface area contributed by atoms with Crippen LogP contribution >= 0.6 is 0 Å².